The van der Waals surface area contributed by atoms with Gasteiger partial charge in [-0.2, -0.15) is 17.0 Å². The zero-order valence-electron chi connectivity index (χ0n) is 17.5. The van der Waals surface area contributed by atoms with Gasteiger partial charge in [0.1, 0.15) is 5.82 Å². The number of nitrogens with zero attached hydrogens (tertiary/aromatic N) is 5. The minimum Gasteiger partial charge on any atom is -0.347 e. The van der Waals surface area contributed by atoms with Gasteiger partial charge in [0.2, 0.25) is 5.95 Å². The molecule has 30 heavy (non-hydrogen) atoms. The highest BCUT2D eigenvalue weighted by molar-refractivity contribution is 7.86. The zero-order chi connectivity index (χ0) is 21.3. The van der Waals surface area contributed by atoms with E-state index in [1.54, 1.807) is 31.8 Å². The molecule has 2 aliphatic heterocycles. The van der Waals surface area contributed by atoms with Crippen molar-refractivity contribution in [3.8, 4) is 11.1 Å². The van der Waals surface area contributed by atoms with E-state index in [0.29, 0.717) is 37.7 Å². The summed E-state index contributed by atoms with van der Waals surface area (Å²) in [5.41, 5.74) is 2.21. The molecule has 2 saturated heterocycles. The van der Waals surface area contributed by atoms with Crippen molar-refractivity contribution in [1.29, 1.82) is 0 Å². The minimum atomic E-state index is -3.57. The first-order chi connectivity index (χ1) is 14.4. The van der Waals surface area contributed by atoms with Gasteiger partial charge in [0.05, 0.1) is 11.7 Å². The van der Waals surface area contributed by atoms with Crippen molar-refractivity contribution < 1.29 is 12.8 Å². The standard InChI is InChI=1S/C21H28FN5O2S/c1-25(2)21-23-15-18(16-8-10-17(22)11-9-16)20(24-21)19-7-3-4-14-27(19)30(28,29)26-12-5-6-13-26/h8-11,15,19H,3-7,12-14H2,1-2H3. The first-order valence-corrected chi connectivity index (χ1v) is 11.8. The van der Waals surface area contributed by atoms with E-state index in [4.69, 9.17) is 4.98 Å². The Morgan fingerprint density at radius 2 is 1.70 bits per heavy atom. The highest BCUT2D eigenvalue weighted by atomic mass is 32.2. The number of hydrogen-bond acceptors (Lipinski definition) is 5. The molecule has 4 rings (SSSR count). The molecule has 0 bridgehead atoms. The Balaban J connectivity index is 1.81. The fraction of sp³-hybridized carbons (Fsp3) is 0.524. The van der Waals surface area contributed by atoms with Crippen molar-refractivity contribution in [2.45, 2.75) is 38.1 Å². The van der Waals surface area contributed by atoms with E-state index in [2.05, 4.69) is 4.98 Å². The van der Waals surface area contributed by atoms with Crippen LogP contribution in [0.25, 0.3) is 11.1 Å². The first-order valence-electron chi connectivity index (χ1n) is 10.4. The molecule has 0 aliphatic carbocycles. The summed E-state index contributed by atoms with van der Waals surface area (Å²) in [6.45, 7) is 1.62. The number of hydrogen-bond donors (Lipinski definition) is 0. The van der Waals surface area contributed by atoms with E-state index in [-0.39, 0.29) is 11.9 Å². The predicted molar refractivity (Wildman–Crippen MR) is 115 cm³/mol. The summed E-state index contributed by atoms with van der Waals surface area (Å²) in [5.74, 6) is 0.210. The topological polar surface area (TPSA) is 69.6 Å². The maximum Gasteiger partial charge on any atom is 0.282 e. The molecule has 1 atom stereocenters. The monoisotopic (exact) mass is 433 g/mol. The molecule has 1 unspecified atom stereocenters. The van der Waals surface area contributed by atoms with Crippen LogP contribution >= 0.6 is 0 Å². The molecule has 2 aliphatic rings. The Morgan fingerprint density at radius 1 is 1.03 bits per heavy atom. The molecule has 2 aromatic rings. The number of halogens is 1. The third kappa shape index (κ3) is 4.06. The number of benzene rings is 1. The highest BCUT2D eigenvalue weighted by Gasteiger charge is 2.40. The quantitative estimate of drug-likeness (QED) is 0.724. The van der Waals surface area contributed by atoms with E-state index in [0.717, 1.165) is 36.8 Å². The molecule has 3 heterocycles. The molecule has 0 saturated carbocycles. The van der Waals surface area contributed by atoms with Gasteiger partial charge in [-0.1, -0.05) is 18.6 Å². The lowest BCUT2D eigenvalue weighted by molar-refractivity contribution is 0.235. The van der Waals surface area contributed by atoms with Crippen LogP contribution < -0.4 is 4.90 Å². The molecule has 0 spiro atoms. The molecule has 1 aromatic carbocycles. The highest BCUT2D eigenvalue weighted by Crippen LogP contribution is 2.39. The molecule has 9 heteroatoms. The van der Waals surface area contributed by atoms with Gasteiger partial charge in [-0.05, 0) is 43.4 Å². The Kier molecular flexibility index (Phi) is 6.04. The summed E-state index contributed by atoms with van der Waals surface area (Å²) < 4.78 is 43.6. The van der Waals surface area contributed by atoms with Gasteiger partial charge < -0.3 is 4.90 Å². The Morgan fingerprint density at radius 3 is 2.37 bits per heavy atom. The minimum absolute atomic E-state index is 0.318. The lowest BCUT2D eigenvalue weighted by atomic mass is 9.95. The van der Waals surface area contributed by atoms with Crippen molar-refractivity contribution in [1.82, 2.24) is 18.6 Å². The number of piperidine rings is 1. The van der Waals surface area contributed by atoms with Gasteiger partial charge in [0.25, 0.3) is 10.2 Å². The van der Waals surface area contributed by atoms with Gasteiger partial charge in [-0.15, -0.1) is 0 Å². The van der Waals surface area contributed by atoms with E-state index in [1.165, 1.54) is 12.1 Å². The number of anilines is 1. The summed E-state index contributed by atoms with van der Waals surface area (Å²) in [5, 5.41) is 0. The SMILES string of the molecule is CN(C)c1ncc(-c2ccc(F)cc2)c(C2CCCCN2S(=O)(=O)N2CCCC2)n1. The second kappa shape index (κ2) is 8.56. The van der Waals surface area contributed by atoms with Crippen LogP contribution in [0.5, 0.6) is 0 Å². The largest absolute Gasteiger partial charge is 0.347 e. The van der Waals surface area contributed by atoms with Crippen LogP contribution in [-0.2, 0) is 10.2 Å². The maximum absolute atomic E-state index is 13.5. The summed E-state index contributed by atoms with van der Waals surface area (Å²) in [4.78, 5) is 11.0. The fourth-order valence-electron chi connectivity index (χ4n) is 4.23. The molecule has 162 valence electrons. The van der Waals surface area contributed by atoms with Crippen molar-refractivity contribution in [3.63, 3.8) is 0 Å². The smallest absolute Gasteiger partial charge is 0.282 e. The van der Waals surface area contributed by atoms with E-state index < -0.39 is 10.2 Å². The molecule has 0 N–H and O–H groups in total. The lowest BCUT2D eigenvalue weighted by Crippen LogP contribution is -2.46. The van der Waals surface area contributed by atoms with Crippen LogP contribution in [0, 0.1) is 5.82 Å². The Hall–Kier alpha value is -2.10. The number of rotatable bonds is 5. The van der Waals surface area contributed by atoms with Gasteiger partial charge >= 0.3 is 0 Å². The molecular weight excluding hydrogens is 405 g/mol. The third-order valence-corrected chi connectivity index (χ3v) is 7.87. The second-order valence-electron chi connectivity index (χ2n) is 8.11. The van der Waals surface area contributed by atoms with Crippen molar-refractivity contribution in [2.24, 2.45) is 0 Å². The molecular formula is C21H28FN5O2S. The van der Waals surface area contributed by atoms with Crippen molar-refractivity contribution in [3.05, 3.63) is 42.0 Å². The summed E-state index contributed by atoms with van der Waals surface area (Å²) in [6.07, 6.45) is 5.99. The molecule has 1 aromatic heterocycles. The fourth-order valence-corrected chi connectivity index (χ4v) is 6.13. The molecule has 0 radical (unpaired) electrons. The summed E-state index contributed by atoms with van der Waals surface area (Å²) in [6, 6.07) is 5.81. The lowest BCUT2D eigenvalue weighted by Gasteiger charge is -2.37. The maximum atomic E-state index is 13.5. The van der Waals surface area contributed by atoms with Crippen LogP contribution in [0.3, 0.4) is 0 Å². The summed E-state index contributed by atoms with van der Waals surface area (Å²) >= 11 is 0. The molecule has 0 amide bonds. The number of aromatic nitrogens is 2. The Labute approximate surface area is 177 Å². The van der Waals surface area contributed by atoms with Crippen molar-refractivity contribution in [2.75, 3.05) is 38.6 Å². The van der Waals surface area contributed by atoms with Gasteiger partial charge in [-0.25, -0.2) is 14.4 Å². The first kappa shape index (κ1) is 21.1. The van der Waals surface area contributed by atoms with Crippen LogP contribution in [-0.4, -0.2) is 60.7 Å². The third-order valence-electron chi connectivity index (χ3n) is 5.82. The zero-order valence-corrected chi connectivity index (χ0v) is 18.3. The Bertz CT molecular complexity index is 991. The second-order valence-corrected chi connectivity index (χ2v) is 9.99. The molecule has 7 nitrogen and oxygen atoms in total. The van der Waals surface area contributed by atoms with Gasteiger partial charge in [0, 0.05) is 45.5 Å². The molecule has 2 fully saturated rings. The van der Waals surface area contributed by atoms with Gasteiger partial charge in [0.15, 0.2) is 0 Å². The average Bonchev–Trinajstić information content (AvgIpc) is 3.30. The van der Waals surface area contributed by atoms with E-state index >= 15 is 0 Å². The normalized spacial score (nSPS) is 21.1. The van der Waals surface area contributed by atoms with E-state index in [9.17, 15) is 12.8 Å². The van der Waals surface area contributed by atoms with Crippen LogP contribution in [0.15, 0.2) is 30.5 Å². The van der Waals surface area contributed by atoms with Crippen LogP contribution in [0.4, 0.5) is 10.3 Å². The van der Waals surface area contributed by atoms with Crippen LogP contribution in [0.2, 0.25) is 0 Å². The average molecular weight is 434 g/mol. The van der Waals surface area contributed by atoms with Crippen molar-refractivity contribution >= 4 is 16.2 Å². The van der Waals surface area contributed by atoms with Crippen LogP contribution in [0.1, 0.15) is 43.8 Å². The van der Waals surface area contributed by atoms with E-state index in [1.807, 2.05) is 14.1 Å². The summed E-state index contributed by atoms with van der Waals surface area (Å²) in [7, 11) is 0.150. The predicted octanol–water partition coefficient (Wildman–Crippen LogP) is 3.22. The van der Waals surface area contributed by atoms with Gasteiger partial charge in [-0.3, -0.25) is 0 Å².